The zero-order chi connectivity index (χ0) is 19.8. The smallest absolute Gasteiger partial charge is 0.193 e. The van der Waals surface area contributed by atoms with Crippen LogP contribution in [0.25, 0.3) is 0 Å². The van der Waals surface area contributed by atoms with Gasteiger partial charge in [0.05, 0.1) is 24.2 Å². The van der Waals surface area contributed by atoms with Crippen molar-refractivity contribution in [2.75, 3.05) is 45.6 Å². The van der Waals surface area contributed by atoms with Crippen LogP contribution in [0.15, 0.2) is 35.3 Å². The molecule has 0 aromatic heterocycles. The maximum Gasteiger partial charge on any atom is 0.193 e. The lowest BCUT2D eigenvalue weighted by molar-refractivity contribution is -0.0816. The summed E-state index contributed by atoms with van der Waals surface area (Å²) >= 11 is 0. The first kappa shape index (κ1) is 21.1. The maximum atomic E-state index is 12.3. The van der Waals surface area contributed by atoms with Gasteiger partial charge in [0.2, 0.25) is 0 Å². The van der Waals surface area contributed by atoms with Crippen molar-refractivity contribution in [1.29, 1.82) is 0 Å². The molecule has 2 aliphatic rings. The second-order valence-corrected chi connectivity index (χ2v) is 9.50. The summed E-state index contributed by atoms with van der Waals surface area (Å²) in [5.41, 5.74) is 0.833. The highest BCUT2D eigenvalue weighted by Crippen LogP contribution is 2.21. The molecule has 3 rings (SSSR count). The van der Waals surface area contributed by atoms with Gasteiger partial charge in [0.25, 0.3) is 0 Å². The molecule has 0 aliphatic carbocycles. The Morgan fingerprint density at radius 3 is 2.71 bits per heavy atom. The van der Waals surface area contributed by atoms with Gasteiger partial charge in [0.15, 0.2) is 15.8 Å². The Bertz CT molecular complexity index is 733. The van der Waals surface area contributed by atoms with Crippen LogP contribution in [0.5, 0.6) is 0 Å². The molecular formula is C20H31N3O4S. The fourth-order valence-electron chi connectivity index (χ4n) is 3.71. The Kier molecular flexibility index (Phi) is 7.70. The second kappa shape index (κ2) is 10.2. The van der Waals surface area contributed by atoms with Crippen molar-refractivity contribution >= 4 is 15.8 Å². The van der Waals surface area contributed by atoms with E-state index in [2.05, 4.69) is 15.2 Å². The zero-order valence-corrected chi connectivity index (χ0v) is 17.4. The minimum atomic E-state index is -3.11. The van der Waals surface area contributed by atoms with E-state index in [9.17, 15) is 8.42 Å². The summed E-state index contributed by atoms with van der Waals surface area (Å²) in [6.07, 6.45) is 2.93. The lowest BCUT2D eigenvalue weighted by atomic mass is 10.1. The van der Waals surface area contributed by atoms with E-state index in [4.69, 9.17) is 9.47 Å². The molecule has 2 fully saturated rings. The Labute approximate surface area is 168 Å². The molecule has 0 amide bonds. The number of benzene rings is 1. The van der Waals surface area contributed by atoms with Gasteiger partial charge in [0, 0.05) is 33.3 Å². The molecule has 0 saturated carbocycles. The molecule has 1 aromatic carbocycles. The van der Waals surface area contributed by atoms with Gasteiger partial charge in [-0.1, -0.05) is 30.3 Å². The molecular weight excluding hydrogens is 378 g/mol. The van der Waals surface area contributed by atoms with Crippen LogP contribution in [0.1, 0.15) is 24.8 Å². The highest BCUT2D eigenvalue weighted by molar-refractivity contribution is 7.90. The van der Waals surface area contributed by atoms with Crippen LogP contribution in [-0.2, 0) is 25.1 Å². The number of nitrogens with zero attached hydrogens (tertiary/aromatic N) is 2. The number of hydrogen-bond acceptors (Lipinski definition) is 5. The minimum Gasteiger partial charge on any atom is -0.375 e. The molecule has 28 heavy (non-hydrogen) atoms. The number of guanidine groups is 1. The largest absolute Gasteiger partial charge is 0.375 e. The van der Waals surface area contributed by atoms with Crippen LogP contribution < -0.4 is 5.32 Å². The van der Waals surface area contributed by atoms with Gasteiger partial charge in [-0.2, -0.15) is 0 Å². The zero-order valence-electron chi connectivity index (χ0n) is 16.5. The molecule has 156 valence electrons. The van der Waals surface area contributed by atoms with E-state index in [1.165, 1.54) is 0 Å². The first-order valence-electron chi connectivity index (χ1n) is 10.0. The topological polar surface area (TPSA) is 80.2 Å². The lowest BCUT2D eigenvalue weighted by Gasteiger charge is -2.37. The first-order chi connectivity index (χ1) is 13.6. The number of rotatable bonds is 7. The summed E-state index contributed by atoms with van der Waals surface area (Å²) in [5, 5.41) is 3.30. The van der Waals surface area contributed by atoms with E-state index in [0.29, 0.717) is 19.6 Å². The van der Waals surface area contributed by atoms with Crippen LogP contribution in [0.2, 0.25) is 0 Å². The van der Waals surface area contributed by atoms with Crippen LogP contribution in [0.4, 0.5) is 0 Å². The summed E-state index contributed by atoms with van der Waals surface area (Å²) < 4.78 is 36.3. The summed E-state index contributed by atoms with van der Waals surface area (Å²) in [7, 11) is -1.36. The number of morpholine rings is 1. The fourth-order valence-corrected chi connectivity index (χ4v) is 5.14. The van der Waals surface area contributed by atoms with Crippen LogP contribution in [0, 0.1) is 0 Å². The predicted octanol–water partition coefficient (Wildman–Crippen LogP) is 1.45. The predicted molar refractivity (Wildman–Crippen MR) is 110 cm³/mol. The van der Waals surface area contributed by atoms with Crippen LogP contribution >= 0.6 is 0 Å². The van der Waals surface area contributed by atoms with Gasteiger partial charge in [-0.05, 0) is 24.8 Å². The molecule has 1 N–H and O–H groups in total. The third-order valence-electron chi connectivity index (χ3n) is 5.13. The average molecular weight is 410 g/mol. The summed E-state index contributed by atoms with van der Waals surface area (Å²) in [4.78, 5) is 6.54. The van der Waals surface area contributed by atoms with E-state index in [-0.39, 0.29) is 23.7 Å². The highest BCUT2D eigenvalue weighted by atomic mass is 32.2. The van der Waals surface area contributed by atoms with Gasteiger partial charge >= 0.3 is 0 Å². The van der Waals surface area contributed by atoms with Crippen molar-refractivity contribution in [2.24, 2.45) is 4.99 Å². The third kappa shape index (κ3) is 6.18. The van der Waals surface area contributed by atoms with E-state index in [1.54, 1.807) is 7.05 Å². The van der Waals surface area contributed by atoms with Gasteiger partial charge in [-0.3, -0.25) is 4.99 Å². The number of aliphatic imine (C=N–C) groups is 1. The molecule has 0 bridgehead atoms. The number of hydrogen-bond donors (Lipinski definition) is 1. The summed E-state index contributed by atoms with van der Waals surface area (Å²) in [5.74, 6) is 1.05. The van der Waals surface area contributed by atoms with Gasteiger partial charge in [-0.25, -0.2) is 8.42 Å². The standard InChI is InChI=1S/C20H31N3O4S/c1-21-20(23-11-13-27-19(15-23)18-9-5-12-26-18)22-10-6-14-28(24,25)16-17-7-3-2-4-8-17/h2-4,7-8,18-19H,5-6,9-16H2,1H3,(H,21,22). The highest BCUT2D eigenvalue weighted by Gasteiger charge is 2.32. The van der Waals surface area contributed by atoms with Crippen molar-refractivity contribution in [3.05, 3.63) is 35.9 Å². The minimum absolute atomic E-state index is 0.0704. The molecule has 0 spiro atoms. The van der Waals surface area contributed by atoms with Gasteiger partial charge < -0.3 is 19.7 Å². The van der Waals surface area contributed by atoms with Crippen molar-refractivity contribution in [2.45, 2.75) is 37.2 Å². The van der Waals surface area contributed by atoms with Crippen molar-refractivity contribution < 1.29 is 17.9 Å². The first-order valence-corrected chi connectivity index (χ1v) is 11.8. The fraction of sp³-hybridized carbons (Fsp3) is 0.650. The molecule has 1 aromatic rings. The summed E-state index contributed by atoms with van der Waals surface area (Å²) in [6, 6.07) is 9.31. The molecule has 2 saturated heterocycles. The Hall–Kier alpha value is -1.64. The maximum absolute atomic E-state index is 12.3. The Morgan fingerprint density at radius 1 is 1.21 bits per heavy atom. The Morgan fingerprint density at radius 2 is 2.00 bits per heavy atom. The molecule has 2 atom stereocenters. The number of sulfone groups is 1. The van der Waals surface area contributed by atoms with Crippen molar-refractivity contribution in [3.8, 4) is 0 Å². The molecule has 2 heterocycles. The quantitative estimate of drug-likeness (QED) is 0.417. The van der Waals surface area contributed by atoms with E-state index in [0.717, 1.165) is 44.1 Å². The molecule has 2 aliphatic heterocycles. The number of ether oxygens (including phenoxy) is 2. The monoisotopic (exact) mass is 409 g/mol. The molecule has 0 radical (unpaired) electrons. The molecule has 7 nitrogen and oxygen atoms in total. The van der Waals surface area contributed by atoms with E-state index < -0.39 is 9.84 Å². The lowest BCUT2D eigenvalue weighted by Crippen LogP contribution is -2.53. The average Bonchev–Trinajstić information content (AvgIpc) is 3.23. The van der Waals surface area contributed by atoms with Crippen molar-refractivity contribution in [3.63, 3.8) is 0 Å². The van der Waals surface area contributed by atoms with Gasteiger partial charge in [-0.15, -0.1) is 0 Å². The second-order valence-electron chi connectivity index (χ2n) is 7.31. The molecule has 8 heteroatoms. The summed E-state index contributed by atoms with van der Waals surface area (Å²) in [6.45, 7) is 3.56. The van der Waals surface area contributed by atoms with Crippen LogP contribution in [0.3, 0.4) is 0 Å². The SMILES string of the molecule is CN=C(NCCCS(=O)(=O)Cc1ccccc1)N1CCOC(C2CCCO2)C1. The third-order valence-corrected chi connectivity index (χ3v) is 6.81. The van der Waals surface area contributed by atoms with Crippen LogP contribution in [-0.4, -0.2) is 77.1 Å². The van der Waals surface area contributed by atoms with Crippen molar-refractivity contribution in [1.82, 2.24) is 10.2 Å². The van der Waals surface area contributed by atoms with Gasteiger partial charge in [0.1, 0.15) is 6.10 Å². The van der Waals surface area contributed by atoms with E-state index in [1.807, 2.05) is 30.3 Å². The van der Waals surface area contributed by atoms with E-state index >= 15 is 0 Å². The molecule has 2 unspecified atom stereocenters. The Balaban J connectivity index is 1.42. The number of nitrogens with one attached hydrogen (secondary N) is 1. The normalized spacial score (nSPS) is 23.8.